The fourth-order valence-electron chi connectivity index (χ4n) is 1.90. The van der Waals surface area contributed by atoms with Crippen LogP contribution >= 0.6 is 15.9 Å². The van der Waals surface area contributed by atoms with Gasteiger partial charge in [-0.2, -0.15) is 0 Å². The number of nitrogens with zero attached hydrogens (tertiary/aromatic N) is 2. The van der Waals surface area contributed by atoms with Crippen molar-refractivity contribution in [1.29, 1.82) is 0 Å². The van der Waals surface area contributed by atoms with Crippen molar-refractivity contribution < 1.29 is 19.3 Å². The molecular formula is C12H10BrN3O5. The molecule has 0 bridgehead atoms. The number of benzene rings is 1. The van der Waals surface area contributed by atoms with Crippen LogP contribution in [0, 0.1) is 10.1 Å². The third kappa shape index (κ3) is 2.92. The van der Waals surface area contributed by atoms with E-state index in [0.29, 0.717) is 0 Å². The Morgan fingerprint density at radius 2 is 2.14 bits per heavy atom. The fourth-order valence-corrected chi connectivity index (χ4v) is 2.30. The maximum atomic E-state index is 12.0. The minimum atomic E-state index is -0.933. The monoisotopic (exact) mass is 355 g/mol. The first-order valence-corrected chi connectivity index (χ1v) is 6.65. The highest BCUT2D eigenvalue weighted by Crippen LogP contribution is 2.25. The first kappa shape index (κ1) is 15.1. The molecule has 1 saturated heterocycles. The molecule has 0 spiro atoms. The summed E-state index contributed by atoms with van der Waals surface area (Å²) in [4.78, 5) is 46.2. The summed E-state index contributed by atoms with van der Waals surface area (Å²) in [5.74, 6) is -1.53. The van der Waals surface area contributed by atoms with Crippen molar-refractivity contribution in [1.82, 2.24) is 10.2 Å². The molecule has 9 heteroatoms. The van der Waals surface area contributed by atoms with E-state index < -0.39 is 22.8 Å². The molecule has 1 aliphatic rings. The number of halogens is 1. The van der Waals surface area contributed by atoms with E-state index in [0.717, 1.165) is 11.0 Å². The average Bonchev–Trinajstić information content (AvgIpc) is 2.66. The Bertz CT molecular complexity index is 660. The van der Waals surface area contributed by atoms with Crippen molar-refractivity contribution in [2.45, 2.75) is 12.5 Å². The Balaban J connectivity index is 2.18. The number of likely N-dealkylation sites (tertiary alicyclic amines) is 1. The van der Waals surface area contributed by atoms with Crippen LogP contribution in [0.1, 0.15) is 16.8 Å². The van der Waals surface area contributed by atoms with Gasteiger partial charge >= 0.3 is 0 Å². The number of nitro groups is 1. The van der Waals surface area contributed by atoms with E-state index in [-0.39, 0.29) is 28.1 Å². The molecule has 1 heterocycles. The van der Waals surface area contributed by atoms with E-state index in [4.69, 9.17) is 0 Å². The quantitative estimate of drug-likeness (QED) is 0.490. The minimum Gasteiger partial charge on any atom is -0.340 e. The van der Waals surface area contributed by atoms with E-state index >= 15 is 0 Å². The third-order valence-electron chi connectivity index (χ3n) is 3.09. The minimum absolute atomic E-state index is 0.0414. The Morgan fingerprint density at radius 3 is 2.67 bits per heavy atom. The lowest BCUT2D eigenvalue weighted by Gasteiger charge is -2.11. The molecule has 2 rings (SSSR count). The number of rotatable bonds is 3. The Hall–Kier alpha value is -2.29. The molecule has 1 unspecified atom stereocenters. The van der Waals surface area contributed by atoms with Gasteiger partial charge in [0.2, 0.25) is 5.91 Å². The van der Waals surface area contributed by atoms with E-state index in [1.54, 1.807) is 0 Å². The van der Waals surface area contributed by atoms with Crippen molar-refractivity contribution >= 4 is 39.3 Å². The molecule has 1 atom stereocenters. The maximum absolute atomic E-state index is 12.0. The lowest BCUT2D eigenvalue weighted by molar-refractivity contribution is -0.385. The predicted octanol–water partition coefficient (Wildman–Crippen LogP) is 0.844. The number of amides is 3. The van der Waals surface area contributed by atoms with Crippen molar-refractivity contribution in [2.75, 3.05) is 7.05 Å². The summed E-state index contributed by atoms with van der Waals surface area (Å²) in [6, 6.07) is 2.93. The van der Waals surface area contributed by atoms with Gasteiger partial charge in [-0.3, -0.25) is 29.4 Å². The molecule has 1 aromatic rings. The molecular weight excluding hydrogens is 346 g/mol. The second-order valence-corrected chi connectivity index (χ2v) is 5.30. The number of carbonyl (C=O) groups excluding carboxylic acids is 3. The van der Waals surface area contributed by atoms with Crippen LogP contribution in [0.5, 0.6) is 0 Å². The van der Waals surface area contributed by atoms with Crippen molar-refractivity contribution in [3.8, 4) is 0 Å². The van der Waals surface area contributed by atoms with Crippen LogP contribution in [0.15, 0.2) is 22.7 Å². The summed E-state index contributed by atoms with van der Waals surface area (Å²) in [6.07, 6.45) is -0.111. The first-order valence-electron chi connectivity index (χ1n) is 5.86. The van der Waals surface area contributed by atoms with Gasteiger partial charge in [-0.05, 0) is 28.1 Å². The number of carbonyl (C=O) groups is 3. The van der Waals surface area contributed by atoms with Crippen LogP contribution in [0.3, 0.4) is 0 Å². The second-order valence-electron chi connectivity index (χ2n) is 4.44. The smallest absolute Gasteiger partial charge is 0.284 e. The number of hydrogen-bond donors (Lipinski definition) is 1. The first-order chi connectivity index (χ1) is 9.81. The molecule has 3 amide bonds. The van der Waals surface area contributed by atoms with E-state index in [1.807, 2.05) is 0 Å². The molecule has 110 valence electrons. The van der Waals surface area contributed by atoms with E-state index in [2.05, 4.69) is 21.2 Å². The van der Waals surface area contributed by atoms with Gasteiger partial charge in [0.05, 0.1) is 15.8 Å². The molecule has 0 aromatic heterocycles. The largest absolute Gasteiger partial charge is 0.340 e. The van der Waals surface area contributed by atoms with E-state index in [9.17, 15) is 24.5 Å². The average molecular weight is 356 g/mol. The Morgan fingerprint density at radius 1 is 1.48 bits per heavy atom. The molecule has 1 aromatic carbocycles. The molecule has 0 saturated carbocycles. The standard InChI is InChI=1S/C12H10BrN3O5/c1-15-10(17)5-8(12(15)19)14-11(18)6-2-3-7(13)9(4-6)16(20)21/h2-4,8H,5H2,1H3,(H,14,18). The topological polar surface area (TPSA) is 110 Å². The number of nitrogens with one attached hydrogen (secondary N) is 1. The molecule has 0 radical (unpaired) electrons. The van der Waals surface area contributed by atoms with Gasteiger partial charge in [0.15, 0.2) is 0 Å². The maximum Gasteiger partial charge on any atom is 0.284 e. The van der Waals surface area contributed by atoms with E-state index in [1.165, 1.54) is 19.2 Å². The summed E-state index contributed by atoms with van der Waals surface area (Å²) >= 11 is 3.01. The molecule has 1 aliphatic heterocycles. The number of imide groups is 1. The molecule has 1 N–H and O–H groups in total. The van der Waals surface area contributed by atoms with Gasteiger partial charge in [0, 0.05) is 18.7 Å². The summed E-state index contributed by atoms with van der Waals surface area (Å²) < 4.78 is 0.246. The van der Waals surface area contributed by atoms with Crippen LogP contribution in [-0.2, 0) is 9.59 Å². The SMILES string of the molecule is CN1C(=O)CC(NC(=O)c2ccc(Br)c([N+](=O)[O-])c2)C1=O. The molecule has 1 fully saturated rings. The van der Waals surface area contributed by atoms with Gasteiger partial charge in [-0.15, -0.1) is 0 Å². The zero-order valence-corrected chi connectivity index (χ0v) is 12.4. The summed E-state index contributed by atoms with van der Waals surface area (Å²) in [5, 5.41) is 13.2. The van der Waals surface area contributed by atoms with Crippen molar-refractivity contribution in [2.24, 2.45) is 0 Å². The molecule has 21 heavy (non-hydrogen) atoms. The van der Waals surface area contributed by atoms with Gasteiger partial charge in [-0.1, -0.05) is 0 Å². The lowest BCUT2D eigenvalue weighted by Crippen LogP contribution is -2.40. The highest BCUT2D eigenvalue weighted by molar-refractivity contribution is 9.10. The summed E-state index contributed by atoms with van der Waals surface area (Å²) in [5.41, 5.74) is -0.215. The summed E-state index contributed by atoms with van der Waals surface area (Å²) in [6.45, 7) is 0. The number of nitro benzene ring substituents is 1. The van der Waals surface area contributed by atoms with Crippen molar-refractivity contribution in [3.63, 3.8) is 0 Å². The van der Waals surface area contributed by atoms with Gasteiger partial charge in [-0.25, -0.2) is 0 Å². The molecule has 0 aliphatic carbocycles. The Labute approximate surface area is 127 Å². The number of likely N-dealkylation sites (N-methyl/N-ethyl adjacent to an activating group) is 1. The van der Waals surface area contributed by atoms with Crippen LogP contribution in [0.4, 0.5) is 5.69 Å². The number of hydrogen-bond acceptors (Lipinski definition) is 5. The predicted molar refractivity (Wildman–Crippen MR) is 74.4 cm³/mol. The van der Waals surface area contributed by atoms with Crippen LogP contribution in [0.2, 0.25) is 0 Å². The van der Waals surface area contributed by atoms with Crippen LogP contribution in [0.25, 0.3) is 0 Å². The van der Waals surface area contributed by atoms with Gasteiger partial charge < -0.3 is 5.32 Å². The fraction of sp³-hybridized carbons (Fsp3) is 0.250. The highest BCUT2D eigenvalue weighted by Gasteiger charge is 2.37. The van der Waals surface area contributed by atoms with Gasteiger partial charge in [0.25, 0.3) is 17.5 Å². The summed E-state index contributed by atoms with van der Waals surface area (Å²) in [7, 11) is 1.33. The van der Waals surface area contributed by atoms with Crippen LogP contribution in [-0.4, -0.2) is 40.6 Å². The highest BCUT2D eigenvalue weighted by atomic mass is 79.9. The Kier molecular flexibility index (Phi) is 4.03. The zero-order chi connectivity index (χ0) is 15.7. The van der Waals surface area contributed by atoms with Gasteiger partial charge in [0.1, 0.15) is 6.04 Å². The van der Waals surface area contributed by atoms with Crippen LogP contribution < -0.4 is 5.32 Å². The second kappa shape index (κ2) is 5.60. The molecule has 8 nitrogen and oxygen atoms in total. The zero-order valence-electron chi connectivity index (χ0n) is 10.8. The lowest BCUT2D eigenvalue weighted by atomic mass is 10.1. The van der Waals surface area contributed by atoms with Crippen molar-refractivity contribution in [3.05, 3.63) is 38.3 Å². The third-order valence-corrected chi connectivity index (χ3v) is 3.76. The normalized spacial score (nSPS) is 18.0.